The number of rotatable bonds is 7. The molecule has 3 aromatic heterocycles. The molecule has 160 valence electrons. The lowest BCUT2D eigenvalue weighted by Crippen LogP contribution is -2.23. The molecule has 0 aliphatic heterocycles. The lowest BCUT2D eigenvalue weighted by atomic mass is 10.2. The van der Waals surface area contributed by atoms with Crippen LogP contribution in [0.3, 0.4) is 0 Å². The topological polar surface area (TPSA) is 119 Å². The average Bonchev–Trinajstić information content (AvgIpc) is 3.40. The lowest BCUT2D eigenvalue weighted by Gasteiger charge is -2.18. The highest BCUT2D eigenvalue weighted by Crippen LogP contribution is 2.26. The second-order valence-corrected chi connectivity index (χ2v) is 7.59. The van der Waals surface area contributed by atoms with Gasteiger partial charge in [0.05, 0.1) is 29.1 Å². The number of amides is 1. The van der Waals surface area contributed by atoms with Crippen molar-refractivity contribution in [2.24, 2.45) is 0 Å². The van der Waals surface area contributed by atoms with Crippen LogP contribution in [-0.2, 0) is 17.9 Å². The number of halogens is 1. The first-order valence-electron chi connectivity index (χ1n) is 9.58. The summed E-state index contributed by atoms with van der Waals surface area (Å²) in [6, 6.07) is 7.51. The van der Waals surface area contributed by atoms with Crippen molar-refractivity contribution in [3.8, 4) is 0 Å². The molecule has 0 radical (unpaired) electrons. The first kappa shape index (κ1) is 20.6. The van der Waals surface area contributed by atoms with Gasteiger partial charge in [0.15, 0.2) is 5.82 Å². The normalized spacial score (nSPS) is 11.0. The van der Waals surface area contributed by atoms with Crippen LogP contribution in [0.4, 0.5) is 17.6 Å². The number of carbonyl (C=O) groups is 1. The third-order valence-corrected chi connectivity index (χ3v) is 5.26. The van der Waals surface area contributed by atoms with Crippen LogP contribution in [0.1, 0.15) is 18.2 Å². The number of H-pyrrole nitrogens is 2. The minimum absolute atomic E-state index is 0.0147. The number of anilines is 3. The molecule has 0 saturated carbocycles. The minimum Gasteiger partial charge on any atom is -0.345 e. The Hall–Kier alpha value is -3.66. The number of carbonyl (C=O) groups excluding carboxylic acids is 1. The summed E-state index contributed by atoms with van der Waals surface area (Å²) >= 11 is 6.51. The summed E-state index contributed by atoms with van der Waals surface area (Å²) < 4.78 is 0. The van der Waals surface area contributed by atoms with Crippen LogP contribution in [0.5, 0.6) is 0 Å². The smallest absolute Gasteiger partial charge is 0.227 e. The molecule has 0 fully saturated rings. The van der Waals surface area contributed by atoms with E-state index in [-0.39, 0.29) is 5.91 Å². The van der Waals surface area contributed by atoms with Crippen molar-refractivity contribution in [3.05, 3.63) is 53.1 Å². The van der Waals surface area contributed by atoms with Crippen LogP contribution in [0.15, 0.2) is 36.8 Å². The van der Waals surface area contributed by atoms with Gasteiger partial charge >= 0.3 is 0 Å². The van der Waals surface area contributed by atoms with Gasteiger partial charge in [-0.2, -0.15) is 10.1 Å². The fourth-order valence-electron chi connectivity index (χ4n) is 3.07. The maximum absolute atomic E-state index is 11.4. The number of nitrogens with zero attached hydrogens (tertiary/aromatic N) is 6. The van der Waals surface area contributed by atoms with Crippen LogP contribution in [0.25, 0.3) is 11.0 Å². The summed E-state index contributed by atoms with van der Waals surface area (Å²) in [5.41, 5.74) is 3.38. The molecule has 0 aliphatic rings. The maximum Gasteiger partial charge on any atom is 0.227 e. The molecule has 0 saturated heterocycles. The second-order valence-electron chi connectivity index (χ2n) is 7.21. The quantitative estimate of drug-likeness (QED) is 0.404. The molecule has 11 heteroatoms. The van der Waals surface area contributed by atoms with Gasteiger partial charge in [-0.15, -0.1) is 0 Å². The highest BCUT2D eigenvalue weighted by Gasteiger charge is 2.13. The highest BCUT2D eigenvalue weighted by molar-refractivity contribution is 6.35. The van der Waals surface area contributed by atoms with Gasteiger partial charge in [0.1, 0.15) is 11.3 Å². The number of hydrogen-bond donors (Lipinski definition) is 3. The Morgan fingerprint density at radius 1 is 1.16 bits per heavy atom. The van der Waals surface area contributed by atoms with Crippen LogP contribution in [0.2, 0.25) is 5.02 Å². The van der Waals surface area contributed by atoms with Gasteiger partial charge in [0.25, 0.3) is 0 Å². The van der Waals surface area contributed by atoms with Crippen molar-refractivity contribution in [2.45, 2.75) is 20.0 Å². The van der Waals surface area contributed by atoms with E-state index in [2.05, 4.69) is 35.5 Å². The Bertz CT molecular complexity index is 1220. The molecule has 10 nitrogen and oxygen atoms in total. The van der Waals surface area contributed by atoms with Gasteiger partial charge in [-0.05, 0) is 17.7 Å². The third kappa shape index (κ3) is 4.58. The summed E-state index contributed by atoms with van der Waals surface area (Å²) in [5.74, 6) is 1.73. The number of nitrogens with one attached hydrogen (secondary N) is 3. The first-order valence-corrected chi connectivity index (χ1v) is 9.96. The standard InChI is InChI=1S/C20H22ClN9O/c1-12(31)29(2)10-14-8-17(28-27-14)25-16-6-7-22-20(26-16)30(3)9-13-4-5-15-19(18(13)21)24-11-23-15/h4-8,11H,9-10H2,1-3H3,(H,23,24)(H2,22,25,26,27,28). The average molecular weight is 440 g/mol. The van der Waals surface area contributed by atoms with Gasteiger partial charge in [-0.1, -0.05) is 17.7 Å². The van der Waals surface area contributed by atoms with Crippen molar-refractivity contribution < 1.29 is 4.79 Å². The molecule has 1 aromatic carbocycles. The molecule has 0 atom stereocenters. The van der Waals surface area contributed by atoms with Gasteiger partial charge < -0.3 is 20.1 Å². The van der Waals surface area contributed by atoms with Gasteiger partial charge in [-0.3, -0.25) is 9.89 Å². The van der Waals surface area contributed by atoms with E-state index in [1.54, 1.807) is 30.5 Å². The number of aromatic amines is 2. The summed E-state index contributed by atoms with van der Waals surface area (Å²) in [7, 11) is 3.63. The zero-order valence-electron chi connectivity index (χ0n) is 17.3. The van der Waals surface area contributed by atoms with Crippen LogP contribution in [0, 0.1) is 0 Å². The largest absolute Gasteiger partial charge is 0.345 e. The fourth-order valence-corrected chi connectivity index (χ4v) is 3.34. The molecule has 31 heavy (non-hydrogen) atoms. The SMILES string of the molecule is CC(=O)N(C)Cc1cc(Nc2ccnc(N(C)Cc3ccc4[nH]cnc4c3Cl)n2)n[nH]1. The third-order valence-electron chi connectivity index (χ3n) is 4.83. The molecule has 0 unspecified atom stereocenters. The first-order chi connectivity index (χ1) is 14.9. The van der Waals surface area contributed by atoms with E-state index in [9.17, 15) is 4.79 Å². The molecule has 1 amide bonds. The van der Waals surface area contributed by atoms with E-state index < -0.39 is 0 Å². The van der Waals surface area contributed by atoms with Crippen LogP contribution < -0.4 is 10.2 Å². The zero-order chi connectivity index (χ0) is 22.0. The maximum atomic E-state index is 11.4. The van der Waals surface area contributed by atoms with Crippen molar-refractivity contribution in [1.29, 1.82) is 0 Å². The molecule has 0 spiro atoms. The van der Waals surface area contributed by atoms with E-state index in [4.69, 9.17) is 11.6 Å². The molecule has 0 aliphatic carbocycles. The predicted molar refractivity (Wildman–Crippen MR) is 119 cm³/mol. The van der Waals surface area contributed by atoms with E-state index in [1.165, 1.54) is 6.92 Å². The van der Waals surface area contributed by atoms with Gasteiger partial charge in [0, 0.05) is 39.8 Å². The Kier molecular flexibility index (Phi) is 5.72. The van der Waals surface area contributed by atoms with Crippen LogP contribution >= 0.6 is 11.6 Å². The summed E-state index contributed by atoms with van der Waals surface area (Å²) in [5, 5.41) is 10.9. The highest BCUT2D eigenvalue weighted by atomic mass is 35.5. The summed E-state index contributed by atoms with van der Waals surface area (Å²) in [4.78, 5) is 31.1. The van der Waals surface area contributed by atoms with Crippen molar-refractivity contribution in [1.82, 2.24) is 35.0 Å². The molecular weight excluding hydrogens is 418 g/mol. The monoisotopic (exact) mass is 439 g/mol. The van der Waals surface area contributed by atoms with E-state index >= 15 is 0 Å². The Morgan fingerprint density at radius 2 is 2.00 bits per heavy atom. The van der Waals surface area contributed by atoms with Crippen molar-refractivity contribution in [2.75, 3.05) is 24.3 Å². The van der Waals surface area contributed by atoms with Crippen molar-refractivity contribution in [3.63, 3.8) is 0 Å². The number of imidazole rings is 1. The number of hydrogen-bond acceptors (Lipinski definition) is 7. The second kappa shape index (κ2) is 8.60. The predicted octanol–water partition coefficient (Wildman–Crippen LogP) is 3.09. The summed E-state index contributed by atoms with van der Waals surface area (Å²) in [6.45, 7) is 2.49. The molecule has 4 aromatic rings. The molecular formula is C20H22ClN9O. The lowest BCUT2D eigenvalue weighted by molar-refractivity contribution is -0.128. The van der Waals surface area contributed by atoms with E-state index in [0.717, 1.165) is 22.3 Å². The Labute approximate surface area is 183 Å². The molecule has 4 rings (SSSR count). The summed E-state index contributed by atoms with van der Waals surface area (Å²) in [6.07, 6.45) is 3.30. The Balaban J connectivity index is 1.46. The zero-order valence-corrected chi connectivity index (χ0v) is 18.1. The van der Waals surface area contributed by atoms with Crippen molar-refractivity contribution >= 4 is 46.1 Å². The minimum atomic E-state index is -0.0147. The molecule has 3 N–H and O–H groups in total. The number of benzene rings is 1. The van der Waals surface area contributed by atoms with Gasteiger partial charge in [0.2, 0.25) is 11.9 Å². The van der Waals surface area contributed by atoms with E-state index in [0.29, 0.717) is 35.7 Å². The van der Waals surface area contributed by atoms with Gasteiger partial charge in [-0.25, -0.2) is 9.97 Å². The fraction of sp³-hybridized carbons (Fsp3) is 0.250. The molecule has 0 bridgehead atoms. The number of aromatic nitrogens is 6. The number of fused-ring (bicyclic) bond motifs is 1. The Morgan fingerprint density at radius 3 is 2.81 bits per heavy atom. The molecule has 3 heterocycles. The van der Waals surface area contributed by atoms with Crippen LogP contribution in [-0.4, -0.2) is 55.0 Å². The van der Waals surface area contributed by atoms with E-state index in [1.807, 2.05) is 30.1 Å².